The number of hydrogen-bond acceptors (Lipinski definition) is 3. The molecular weight excluding hydrogens is 312 g/mol. The minimum absolute atomic E-state index is 0.290. The number of aliphatic hydroxyl groups excluding tert-OH is 1. The first-order valence-corrected chi connectivity index (χ1v) is 9.78. The van der Waals surface area contributed by atoms with Gasteiger partial charge >= 0.3 is 5.97 Å². The van der Waals surface area contributed by atoms with Crippen LogP contribution in [0.5, 0.6) is 0 Å². The fourth-order valence-electron chi connectivity index (χ4n) is 2.38. The normalized spacial score (nSPS) is 12.6. The SMILES string of the molecule is CCCCCCCCCCC/C=C(O)/C=C/C=C/C=C/C(=O)OCC. The van der Waals surface area contributed by atoms with Gasteiger partial charge in [-0.2, -0.15) is 0 Å². The number of ether oxygens (including phenoxy) is 1. The lowest BCUT2D eigenvalue weighted by atomic mass is 10.1. The monoisotopic (exact) mass is 348 g/mol. The quantitative estimate of drug-likeness (QED) is 0.119. The van der Waals surface area contributed by atoms with Crippen molar-refractivity contribution in [1.29, 1.82) is 0 Å². The molecule has 0 amide bonds. The number of aliphatic hydroxyl groups is 1. The Hall–Kier alpha value is -1.77. The molecule has 0 aromatic rings. The molecule has 142 valence electrons. The molecule has 3 heteroatoms. The number of rotatable bonds is 15. The van der Waals surface area contributed by atoms with E-state index in [2.05, 4.69) is 6.92 Å². The Morgan fingerprint density at radius 1 is 0.800 bits per heavy atom. The summed E-state index contributed by atoms with van der Waals surface area (Å²) in [7, 11) is 0. The van der Waals surface area contributed by atoms with Crippen molar-refractivity contribution >= 4 is 5.97 Å². The van der Waals surface area contributed by atoms with Gasteiger partial charge in [0.15, 0.2) is 0 Å². The molecule has 0 heterocycles. The topological polar surface area (TPSA) is 46.5 Å². The van der Waals surface area contributed by atoms with Crippen LogP contribution in [-0.2, 0) is 9.53 Å². The minimum Gasteiger partial charge on any atom is -0.508 e. The Labute approximate surface area is 154 Å². The Morgan fingerprint density at radius 3 is 1.96 bits per heavy atom. The number of esters is 1. The third-order valence-corrected chi connectivity index (χ3v) is 3.78. The van der Waals surface area contributed by atoms with Gasteiger partial charge in [0.25, 0.3) is 0 Å². The molecule has 1 N–H and O–H groups in total. The van der Waals surface area contributed by atoms with Crippen LogP contribution in [0.15, 0.2) is 48.3 Å². The van der Waals surface area contributed by atoms with Crippen molar-refractivity contribution in [2.24, 2.45) is 0 Å². The summed E-state index contributed by atoms with van der Waals surface area (Å²) in [6.07, 6.45) is 24.4. The van der Waals surface area contributed by atoms with Crippen molar-refractivity contribution in [2.75, 3.05) is 6.61 Å². The van der Waals surface area contributed by atoms with E-state index in [4.69, 9.17) is 4.74 Å². The molecule has 0 aliphatic rings. The van der Waals surface area contributed by atoms with Crippen molar-refractivity contribution in [1.82, 2.24) is 0 Å². The molecule has 3 nitrogen and oxygen atoms in total. The van der Waals surface area contributed by atoms with Gasteiger partial charge in [0.1, 0.15) is 5.76 Å². The molecule has 0 rings (SSSR count). The fourth-order valence-corrected chi connectivity index (χ4v) is 2.38. The predicted octanol–water partition coefficient (Wildman–Crippen LogP) is 6.58. The second kappa shape index (κ2) is 18.6. The second-order valence-electron chi connectivity index (χ2n) is 6.10. The van der Waals surface area contributed by atoms with E-state index in [9.17, 15) is 9.90 Å². The summed E-state index contributed by atoms with van der Waals surface area (Å²) in [5.74, 6) is -0.0570. The van der Waals surface area contributed by atoms with Gasteiger partial charge in [-0.05, 0) is 31.9 Å². The van der Waals surface area contributed by atoms with Crippen LogP contribution >= 0.6 is 0 Å². The second-order valence-corrected chi connectivity index (χ2v) is 6.10. The maximum absolute atomic E-state index is 11.0. The van der Waals surface area contributed by atoms with E-state index in [0.717, 1.165) is 12.8 Å². The van der Waals surface area contributed by atoms with Crippen molar-refractivity contribution in [3.63, 3.8) is 0 Å². The highest BCUT2D eigenvalue weighted by atomic mass is 16.5. The zero-order valence-corrected chi connectivity index (χ0v) is 16.1. The summed E-state index contributed by atoms with van der Waals surface area (Å²) in [4.78, 5) is 11.0. The molecule has 0 aliphatic carbocycles. The highest BCUT2D eigenvalue weighted by molar-refractivity contribution is 5.82. The smallest absolute Gasteiger partial charge is 0.330 e. The van der Waals surface area contributed by atoms with Crippen LogP contribution in [0, 0.1) is 0 Å². The van der Waals surface area contributed by atoms with Gasteiger partial charge in [-0.25, -0.2) is 4.79 Å². The predicted molar refractivity (Wildman–Crippen MR) is 107 cm³/mol. The Kier molecular flexibility index (Phi) is 17.3. The number of allylic oxidation sites excluding steroid dienone is 6. The summed E-state index contributed by atoms with van der Waals surface area (Å²) in [6.45, 7) is 4.40. The lowest BCUT2D eigenvalue weighted by Gasteiger charge is -2.00. The van der Waals surface area contributed by atoms with Gasteiger partial charge in [0.05, 0.1) is 6.61 Å². The van der Waals surface area contributed by atoms with Crippen molar-refractivity contribution in [3.8, 4) is 0 Å². The van der Waals surface area contributed by atoms with Crippen molar-refractivity contribution < 1.29 is 14.6 Å². The first kappa shape index (κ1) is 23.2. The molecule has 0 aromatic heterocycles. The Bertz CT molecular complexity index is 431. The van der Waals surface area contributed by atoms with Crippen LogP contribution in [-0.4, -0.2) is 17.7 Å². The van der Waals surface area contributed by atoms with Gasteiger partial charge in [-0.1, -0.05) is 82.6 Å². The van der Waals surface area contributed by atoms with Crippen molar-refractivity contribution in [3.05, 3.63) is 48.3 Å². The van der Waals surface area contributed by atoms with Gasteiger partial charge in [-0.15, -0.1) is 0 Å². The average Bonchev–Trinajstić information content (AvgIpc) is 2.60. The largest absolute Gasteiger partial charge is 0.508 e. The molecule has 0 unspecified atom stereocenters. The summed E-state index contributed by atoms with van der Waals surface area (Å²) in [5.41, 5.74) is 0. The third kappa shape index (κ3) is 18.4. The van der Waals surface area contributed by atoms with E-state index in [0.29, 0.717) is 12.4 Å². The first-order chi connectivity index (χ1) is 12.2. The standard InChI is InChI=1S/C22H36O3/c1-3-5-6-7-8-9-10-11-12-15-18-21(23)19-16-13-14-17-20-22(24)25-4-2/h13-14,16-20,23H,3-12,15H2,1-2H3/b14-13+,19-16+,20-17+,21-18-. The zero-order valence-electron chi connectivity index (χ0n) is 16.1. The van der Waals surface area contributed by atoms with Gasteiger partial charge in [-0.3, -0.25) is 0 Å². The maximum atomic E-state index is 11.0. The lowest BCUT2D eigenvalue weighted by molar-refractivity contribution is -0.137. The van der Waals surface area contributed by atoms with Crippen LogP contribution in [0.25, 0.3) is 0 Å². The van der Waals surface area contributed by atoms with Crippen LogP contribution in [0.2, 0.25) is 0 Å². The number of hydrogen-bond donors (Lipinski definition) is 1. The van der Waals surface area contributed by atoms with Gasteiger partial charge < -0.3 is 9.84 Å². The molecule has 0 aliphatic heterocycles. The van der Waals surface area contributed by atoms with E-state index in [1.165, 1.54) is 57.4 Å². The summed E-state index contributed by atoms with van der Waals surface area (Å²) in [6, 6.07) is 0. The van der Waals surface area contributed by atoms with E-state index >= 15 is 0 Å². The molecule has 0 saturated carbocycles. The molecule has 0 radical (unpaired) electrons. The highest BCUT2D eigenvalue weighted by Gasteiger charge is 1.92. The lowest BCUT2D eigenvalue weighted by Crippen LogP contribution is -1.98. The first-order valence-electron chi connectivity index (χ1n) is 9.78. The Balaban J connectivity index is 3.65. The molecular formula is C22H36O3. The molecule has 25 heavy (non-hydrogen) atoms. The van der Waals surface area contributed by atoms with Crippen molar-refractivity contribution in [2.45, 2.75) is 78.1 Å². The van der Waals surface area contributed by atoms with Gasteiger partial charge in [0, 0.05) is 6.08 Å². The molecule has 0 bridgehead atoms. The van der Waals surface area contributed by atoms with Crippen LogP contribution < -0.4 is 0 Å². The number of unbranched alkanes of at least 4 members (excludes halogenated alkanes) is 9. The summed E-state index contributed by atoms with van der Waals surface area (Å²) in [5, 5.41) is 9.74. The molecule has 0 aromatic carbocycles. The van der Waals surface area contributed by atoms with E-state index < -0.39 is 0 Å². The maximum Gasteiger partial charge on any atom is 0.330 e. The van der Waals surface area contributed by atoms with Crippen LogP contribution in [0.4, 0.5) is 0 Å². The Morgan fingerprint density at radius 2 is 1.36 bits per heavy atom. The number of carbonyl (C=O) groups excluding carboxylic acids is 1. The summed E-state index contributed by atoms with van der Waals surface area (Å²) < 4.78 is 4.76. The molecule has 0 spiro atoms. The number of carbonyl (C=O) groups is 1. The average molecular weight is 349 g/mol. The summed E-state index contributed by atoms with van der Waals surface area (Å²) >= 11 is 0. The van der Waals surface area contributed by atoms with E-state index in [-0.39, 0.29) is 5.97 Å². The highest BCUT2D eigenvalue weighted by Crippen LogP contribution is 2.11. The molecule has 0 fully saturated rings. The van der Waals surface area contributed by atoms with E-state index in [1.54, 1.807) is 37.3 Å². The minimum atomic E-state index is -0.347. The van der Waals surface area contributed by atoms with Crippen LogP contribution in [0.3, 0.4) is 0 Å². The van der Waals surface area contributed by atoms with E-state index in [1.807, 2.05) is 6.08 Å². The van der Waals surface area contributed by atoms with Gasteiger partial charge in [0.2, 0.25) is 0 Å². The van der Waals surface area contributed by atoms with Crippen LogP contribution in [0.1, 0.15) is 78.1 Å². The third-order valence-electron chi connectivity index (χ3n) is 3.78. The molecule has 0 saturated heterocycles. The molecule has 0 atom stereocenters. The fraction of sp³-hybridized carbons (Fsp3) is 0.591. The zero-order chi connectivity index (χ0) is 18.6.